The summed E-state index contributed by atoms with van der Waals surface area (Å²) in [5, 5.41) is 3.30. The van der Waals surface area contributed by atoms with Crippen LogP contribution in [0.1, 0.15) is 6.92 Å². The summed E-state index contributed by atoms with van der Waals surface area (Å²) >= 11 is 17.6. The van der Waals surface area contributed by atoms with Crippen LogP contribution in [0.15, 0.2) is 36.4 Å². The first kappa shape index (κ1) is 21.2. The number of nitrogens with one attached hydrogen (secondary N) is 1. The summed E-state index contributed by atoms with van der Waals surface area (Å²) in [7, 11) is 0. The molecular formula is C18H16Cl3NO5. The minimum absolute atomic E-state index is 0.182. The topological polar surface area (TPSA) is 73.9 Å². The van der Waals surface area contributed by atoms with E-state index in [1.165, 1.54) is 12.1 Å². The number of benzene rings is 2. The zero-order valence-corrected chi connectivity index (χ0v) is 16.5. The Morgan fingerprint density at radius 3 is 2.26 bits per heavy atom. The average molecular weight is 433 g/mol. The van der Waals surface area contributed by atoms with Gasteiger partial charge < -0.3 is 19.5 Å². The van der Waals surface area contributed by atoms with Crippen molar-refractivity contribution in [1.29, 1.82) is 0 Å². The van der Waals surface area contributed by atoms with Gasteiger partial charge in [-0.05, 0) is 37.3 Å². The highest BCUT2D eigenvalue weighted by Crippen LogP contribution is 2.33. The van der Waals surface area contributed by atoms with Crippen LogP contribution in [0, 0.1) is 0 Å². The molecule has 2 aromatic rings. The predicted octanol–water partition coefficient (Wildman–Crippen LogP) is 4.61. The highest BCUT2D eigenvalue weighted by molar-refractivity contribution is 6.43. The first-order chi connectivity index (χ1) is 12.9. The molecule has 27 heavy (non-hydrogen) atoms. The van der Waals surface area contributed by atoms with Crippen LogP contribution < -0.4 is 14.8 Å². The average Bonchev–Trinajstić information content (AvgIpc) is 2.64. The maximum Gasteiger partial charge on any atom is 0.344 e. The fraction of sp³-hybridized carbons (Fsp3) is 0.222. The molecule has 0 atom stereocenters. The molecule has 0 aliphatic rings. The molecular weight excluding hydrogens is 417 g/mol. The Morgan fingerprint density at radius 2 is 1.59 bits per heavy atom. The highest BCUT2D eigenvalue weighted by Gasteiger charge is 2.12. The van der Waals surface area contributed by atoms with Gasteiger partial charge in [0.05, 0.1) is 21.7 Å². The Morgan fingerprint density at radius 1 is 0.926 bits per heavy atom. The van der Waals surface area contributed by atoms with Gasteiger partial charge in [-0.2, -0.15) is 0 Å². The molecule has 2 rings (SSSR count). The van der Waals surface area contributed by atoms with Gasteiger partial charge in [0.2, 0.25) is 0 Å². The molecule has 0 spiro atoms. The Labute approximate surface area is 171 Å². The van der Waals surface area contributed by atoms with Gasteiger partial charge in [-0.3, -0.25) is 4.79 Å². The van der Waals surface area contributed by atoms with E-state index in [4.69, 9.17) is 49.0 Å². The number of esters is 1. The van der Waals surface area contributed by atoms with Crippen molar-refractivity contribution in [2.75, 3.05) is 25.1 Å². The number of hydrogen-bond acceptors (Lipinski definition) is 5. The van der Waals surface area contributed by atoms with Crippen molar-refractivity contribution in [2.24, 2.45) is 0 Å². The van der Waals surface area contributed by atoms with Crippen LogP contribution in [0.3, 0.4) is 0 Å². The second kappa shape index (κ2) is 10.3. The van der Waals surface area contributed by atoms with E-state index in [1.54, 1.807) is 24.3 Å². The zero-order chi connectivity index (χ0) is 19.8. The fourth-order valence-corrected chi connectivity index (χ4v) is 2.53. The minimum atomic E-state index is -0.737. The van der Waals surface area contributed by atoms with E-state index < -0.39 is 25.1 Å². The van der Waals surface area contributed by atoms with Crippen LogP contribution in [0.4, 0.5) is 5.69 Å². The van der Waals surface area contributed by atoms with Crippen molar-refractivity contribution in [1.82, 2.24) is 0 Å². The van der Waals surface area contributed by atoms with Gasteiger partial charge >= 0.3 is 5.97 Å². The molecule has 0 aliphatic carbocycles. The van der Waals surface area contributed by atoms with E-state index in [-0.39, 0.29) is 20.8 Å². The van der Waals surface area contributed by atoms with E-state index in [0.717, 1.165) is 0 Å². The third-order valence-corrected chi connectivity index (χ3v) is 4.15. The van der Waals surface area contributed by atoms with Gasteiger partial charge in [0.25, 0.3) is 5.91 Å². The summed E-state index contributed by atoms with van der Waals surface area (Å²) in [5.74, 6) is -0.346. The standard InChI is InChI=1S/C18H16Cl3NO5/c1-2-25-12-5-3-11(4-6-12)22-17(23)9-27-18(24)10-26-16-8-14(20)13(19)7-15(16)21/h3-8H,2,9-10H2,1H3,(H,22,23). The summed E-state index contributed by atoms with van der Waals surface area (Å²) in [6, 6.07) is 9.59. The minimum Gasteiger partial charge on any atom is -0.494 e. The van der Waals surface area contributed by atoms with Crippen LogP contribution in [-0.4, -0.2) is 31.7 Å². The largest absolute Gasteiger partial charge is 0.494 e. The number of carbonyl (C=O) groups is 2. The maximum atomic E-state index is 11.8. The van der Waals surface area contributed by atoms with Gasteiger partial charge in [-0.1, -0.05) is 34.8 Å². The number of ether oxygens (including phenoxy) is 3. The third kappa shape index (κ3) is 6.82. The molecule has 144 valence electrons. The number of halogens is 3. The molecule has 0 radical (unpaired) electrons. The normalized spacial score (nSPS) is 10.2. The lowest BCUT2D eigenvalue weighted by Gasteiger charge is -2.10. The van der Waals surface area contributed by atoms with Gasteiger partial charge in [-0.15, -0.1) is 0 Å². The summed E-state index contributed by atoms with van der Waals surface area (Å²) in [6.07, 6.45) is 0. The SMILES string of the molecule is CCOc1ccc(NC(=O)COC(=O)COc2cc(Cl)c(Cl)cc2Cl)cc1. The van der Waals surface area contributed by atoms with Gasteiger partial charge in [0, 0.05) is 11.8 Å². The smallest absolute Gasteiger partial charge is 0.344 e. The van der Waals surface area contributed by atoms with Crippen LogP contribution in [0.2, 0.25) is 15.1 Å². The summed E-state index contributed by atoms with van der Waals surface area (Å²) < 4.78 is 15.4. The van der Waals surface area contributed by atoms with Crippen molar-refractivity contribution >= 4 is 52.4 Å². The van der Waals surface area contributed by atoms with Crippen molar-refractivity contribution < 1.29 is 23.8 Å². The Balaban J connectivity index is 1.76. The van der Waals surface area contributed by atoms with Gasteiger partial charge in [-0.25, -0.2) is 4.79 Å². The van der Waals surface area contributed by atoms with Crippen molar-refractivity contribution in [3.8, 4) is 11.5 Å². The first-order valence-electron chi connectivity index (χ1n) is 7.84. The Hall–Kier alpha value is -2.15. The second-order valence-corrected chi connectivity index (χ2v) is 6.37. The molecule has 0 fully saturated rings. The summed E-state index contributed by atoms with van der Waals surface area (Å²) in [6.45, 7) is 1.54. The van der Waals surface area contributed by atoms with Gasteiger partial charge in [0.1, 0.15) is 11.5 Å². The van der Waals surface area contributed by atoms with Crippen molar-refractivity contribution in [3.63, 3.8) is 0 Å². The molecule has 0 bridgehead atoms. The van der Waals surface area contributed by atoms with E-state index in [9.17, 15) is 9.59 Å². The quantitative estimate of drug-likeness (QED) is 0.487. The molecule has 0 aromatic heterocycles. The van der Waals surface area contributed by atoms with Crippen LogP contribution >= 0.6 is 34.8 Å². The van der Waals surface area contributed by atoms with Gasteiger partial charge in [0.15, 0.2) is 13.2 Å². The lowest BCUT2D eigenvalue weighted by atomic mass is 10.3. The summed E-state index contributed by atoms with van der Waals surface area (Å²) in [4.78, 5) is 23.5. The molecule has 2 aromatic carbocycles. The molecule has 0 saturated heterocycles. The van der Waals surface area contributed by atoms with Crippen molar-refractivity contribution in [3.05, 3.63) is 51.5 Å². The molecule has 9 heteroatoms. The molecule has 0 saturated carbocycles. The third-order valence-electron chi connectivity index (χ3n) is 3.13. The number of hydrogen-bond donors (Lipinski definition) is 1. The van der Waals surface area contributed by atoms with E-state index >= 15 is 0 Å². The lowest BCUT2D eigenvalue weighted by molar-refractivity contribution is -0.149. The monoisotopic (exact) mass is 431 g/mol. The van der Waals surface area contributed by atoms with E-state index in [1.807, 2.05) is 6.92 Å². The van der Waals surface area contributed by atoms with Crippen LogP contribution in [0.5, 0.6) is 11.5 Å². The lowest BCUT2D eigenvalue weighted by Crippen LogP contribution is -2.23. The molecule has 6 nitrogen and oxygen atoms in total. The molecule has 0 heterocycles. The number of anilines is 1. The Kier molecular flexibility index (Phi) is 8.03. The molecule has 0 unspecified atom stereocenters. The van der Waals surface area contributed by atoms with E-state index in [0.29, 0.717) is 18.0 Å². The number of amides is 1. The Bertz CT molecular complexity index is 811. The van der Waals surface area contributed by atoms with Crippen LogP contribution in [-0.2, 0) is 14.3 Å². The molecule has 1 N–H and O–H groups in total. The zero-order valence-electron chi connectivity index (χ0n) is 14.3. The van der Waals surface area contributed by atoms with Crippen LogP contribution in [0.25, 0.3) is 0 Å². The molecule has 1 amide bonds. The van der Waals surface area contributed by atoms with E-state index in [2.05, 4.69) is 5.32 Å². The van der Waals surface area contributed by atoms with Crippen molar-refractivity contribution in [2.45, 2.75) is 6.92 Å². The maximum absolute atomic E-state index is 11.8. The highest BCUT2D eigenvalue weighted by atomic mass is 35.5. The summed E-state index contributed by atoms with van der Waals surface area (Å²) in [5.41, 5.74) is 0.554. The first-order valence-corrected chi connectivity index (χ1v) is 8.98. The number of carbonyl (C=O) groups excluding carboxylic acids is 2. The molecule has 0 aliphatic heterocycles. The fourth-order valence-electron chi connectivity index (χ4n) is 1.94. The second-order valence-electron chi connectivity index (χ2n) is 5.15. The number of rotatable bonds is 8. The predicted molar refractivity (Wildman–Crippen MR) is 104 cm³/mol.